The number of carbonyl (C=O) groups is 1. The number of hydrogen-bond acceptors (Lipinski definition) is 3. The zero-order valence-corrected chi connectivity index (χ0v) is 16.4. The number of amides is 1. The van der Waals surface area contributed by atoms with E-state index in [4.69, 9.17) is 0 Å². The molecule has 0 aliphatic carbocycles. The highest BCUT2D eigenvalue weighted by molar-refractivity contribution is 6.13. The first-order valence-corrected chi connectivity index (χ1v) is 8.78. The number of halogens is 3. The molecule has 8 heteroatoms. The number of anilines is 2. The van der Waals surface area contributed by atoms with E-state index in [1.54, 1.807) is 38.2 Å². The van der Waals surface area contributed by atoms with Crippen molar-refractivity contribution in [1.29, 1.82) is 0 Å². The molecule has 0 N–H and O–H groups in total. The van der Waals surface area contributed by atoms with Crippen LogP contribution < -0.4 is 15.4 Å². The number of benzene rings is 2. The largest absolute Gasteiger partial charge is 0.416 e. The number of aromatic nitrogens is 1. The predicted octanol–water partition coefficient (Wildman–Crippen LogP) is 3.90. The molecule has 152 valence electrons. The zero-order valence-electron chi connectivity index (χ0n) is 16.4. The Bertz CT molecular complexity index is 1130. The van der Waals surface area contributed by atoms with E-state index < -0.39 is 23.2 Å². The molecule has 0 radical (unpaired) electrons. The Morgan fingerprint density at radius 3 is 2.10 bits per heavy atom. The number of fused-ring (bicyclic) bond motifs is 1. The van der Waals surface area contributed by atoms with Crippen LogP contribution in [0.4, 0.5) is 24.5 Å². The summed E-state index contributed by atoms with van der Waals surface area (Å²) in [5.41, 5.74) is 0.0674. The van der Waals surface area contributed by atoms with E-state index in [1.807, 2.05) is 12.1 Å². The SMILES string of the molecule is CN(C)c1c(C(=O)N(C)c2ccc(C(F)(F)F)cc2)c(=O)n(C)c2ccccc12. The van der Waals surface area contributed by atoms with Crippen LogP contribution in [-0.2, 0) is 13.2 Å². The molecule has 3 aromatic rings. The zero-order chi connectivity index (χ0) is 21.5. The molecule has 0 saturated heterocycles. The lowest BCUT2D eigenvalue weighted by Gasteiger charge is -2.24. The lowest BCUT2D eigenvalue weighted by atomic mass is 10.1. The Morgan fingerprint density at radius 2 is 1.55 bits per heavy atom. The fourth-order valence-electron chi connectivity index (χ4n) is 3.30. The minimum Gasteiger partial charge on any atom is -0.376 e. The van der Waals surface area contributed by atoms with Crippen molar-refractivity contribution < 1.29 is 18.0 Å². The van der Waals surface area contributed by atoms with Crippen molar-refractivity contribution in [3.05, 3.63) is 70.0 Å². The second-order valence-electron chi connectivity index (χ2n) is 6.91. The molecule has 5 nitrogen and oxygen atoms in total. The van der Waals surface area contributed by atoms with Crippen LogP contribution in [0.25, 0.3) is 10.9 Å². The molecule has 0 aliphatic heterocycles. The Labute approximate surface area is 165 Å². The summed E-state index contributed by atoms with van der Waals surface area (Å²) in [6, 6.07) is 11.5. The van der Waals surface area contributed by atoms with Crippen molar-refractivity contribution >= 4 is 28.2 Å². The topological polar surface area (TPSA) is 45.6 Å². The van der Waals surface area contributed by atoms with Crippen molar-refractivity contribution in [3.8, 4) is 0 Å². The highest BCUT2D eigenvalue weighted by Gasteiger charge is 2.31. The van der Waals surface area contributed by atoms with Gasteiger partial charge in [0.1, 0.15) is 5.56 Å². The fraction of sp³-hybridized carbons (Fsp3) is 0.238. The summed E-state index contributed by atoms with van der Waals surface area (Å²) in [6.45, 7) is 0. The highest BCUT2D eigenvalue weighted by Crippen LogP contribution is 2.32. The van der Waals surface area contributed by atoms with Gasteiger partial charge in [-0.05, 0) is 30.3 Å². The van der Waals surface area contributed by atoms with Crippen LogP contribution in [0.5, 0.6) is 0 Å². The van der Waals surface area contributed by atoms with E-state index in [1.165, 1.54) is 28.6 Å². The average Bonchev–Trinajstić information content (AvgIpc) is 2.68. The minimum atomic E-state index is -4.46. The van der Waals surface area contributed by atoms with Gasteiger partial charge in [0.05, 0.1) is 16.8 Å². The molecular formula is C21H20F3N3O2. The molecule has 0 bridgehead atoms. The number of hydrogen-bond donors (Lipinski definition) is 0. The van der Waals surface area contributed by atoms with Crippen LogP contribution in [0.2, 0.25) is 0 Å². The van der Waals surface area contributed by atoms with E-state index in [2.05, 4.69) is 0 Å². The van der Waals surface area contributed by atoms with Crippen molar-refractivity contribution in [1.82, 2.24) is 4.57 Å². The first-order valence-electron chi connectivity index (χ1n) is 8.78. The summed E-state index contributed by atoms with van der Waals surface area (Å²) in [6.07, 6.45) is -4.46. The normalized spacial score (nSPS) is 11.6. The third-order valence-electron chi connectivity index (χ3n) is 4.82. The minimum absolute atomic E-state index is 0.0430. The number of pyridine rings is 1. The van der Waals surface area contributed by atoms with Crippen LogP contribution >= 0.6 is 0 Å². The molecule has 0 spiro atoms. The van der Waals surface area contributed by atoms with Gasteiger partial charge in [-0.2, -0.15) is 13.2 Å². The Balaban J connectivity index is 2.15. The van der Waals surface area contributed by atoms with Gasteiger partial charge in [-0.3, -0.25) is 9.59 Å². The van der Waals surface area contributed by atoms with Crippen LogP contribution in [0.15, 0.2) is 53.3 Å². The molecule has 1 heterocycles. The molecule has 1 amide bonds. The van der Waals surface area contributed by atoms with Crippen molar-refractivity contribution in [3.63, 3.8) is 0 Å². The summed E-state index contributed by atoms with van der Waals surface area (Å²) >= 11 is 0. The summed E-state index contributed by atoms with van der Waals surface area (Å²) in [4.78, 5) is 29.1. The van der Waals surface area contributed by atoms with Gasteiger partial charge in [0.15, 0.2) is 0 Å². The van der Waals surface area contributed by atoms with E-state index in [0.717, 1.165) is 17.5 Å². The molecule has 29 heavy (non-hydrogen) atoms. The molecule has 0 fully saturated rings. The standard InChI is InChI=1S/C21H20F3N3O2/c1-25(2)18-15-7-5-6-8-16(15)27(4)20(29)17(18)19(28)26(3)14-11-9-13(10-12-14)21(22,23)24/h5-12H,1-4H3. The van der Waals surface area contributed by atoms with Gasteiger partial charge in [-0.1, -0.05) is 18.2 Å². The van der Waals surface area contributed by atoms with Crippen molar-refractivity contribution in [2.24, 2.45) is 7.05 Å². The van der Waals surface area contributed by atoms with Gasteiger partial charge in [-0.25, -0.2) is 0 Å². The van der Waals surface area contributed by atoms with Crippen LogP contribution in [0, 0.1) is 0 Å². The number of aryl methyl sites for hydroxylation is 1. The molecule has 0 saturated carbocycles. The Morgan fingerprint density at radius 1 is 0.966 bits per heavy atom. The Hall–Kier alpha value is -3.29. The van der Waals surface area contributed by atoms with Gasteiger partial charge < -0.3 is 14.4 Å². The van der Waals surface area contributed by atoms with E-state index in [-0.39, 0.29) is 11.3 Å². The van der Waals surface area contributed by atoms with Gasteiger partial charge in [0, 0.05) is 39.3 Å². The van der Waals surface area contributed by atoms with Crippen molar-refractivity contribution in [2.45, 2.75) is 6.18 Å². The van der Waals surface area contributed by atoms with Crippen molar-refractivity contribution in [2.75, 3.05) is 30.9 Å². The maximum absolute atomic E-state index is 13.2. The molecule has 0 aliphatic rings. The summed E-state index contributed by atoms with van der Waals surface area (Å²) in [7, 11) is 6.48. The monoisotopic (exact) mass is 403 g/mol. The van der Waals surface area contributed by atoms with E-state index in [9.17, 15) is 22.8 Å². The van der Waals surface area contributed by atoms with Gasteiger partial charge >= 0.3 is 6.18 Å². The fourth-order valence-corrected chi connectivity index (χ4v) is 3.30. The predicted molar refractivity (Wildman–Crippen MR) is 108 cm³/mol. The number of carbonyl (C=O) groups excluding carboxylic acids is 1. The third-order valence-corrected chi connectivity index (χ3v) is 4.82. The number of para-hydroxylation sites is 1. The average molecular weight is 403 g/mol. The molecule has 2 aromatic carbocycles. The third kappa shape index (κ3) is 3.57. The van der Waals surface area contributed by atoms with Gasteiger partial charge in [-0.15, -0.1) is 0 Å². The Kier molecular flexibility index (Phi) is 5.13. The van der Waals surface area contributed by atoms with Crippen LogP contribution in [-0.4, -0.2) is 31.6 Å². The molecule has 1 aromatic heterocycles. The quantitative estimate of drug-likeness (QED) is 0.666. The lowest BCUT2D eigenvalue weighted by molar-refractivity contribution is -0.137. The first kappa shape index (κ1) is 20.4. The van der Waals surface area contributed by atoms with E-state index >= 15 is 0 Å². The van der Waals surface area contributed by atoms with Gasteiger partial charge in [0.2, 0.25) is 0 Å². The molecule has 0 unspecified atom stereocenters. The van der Waals surface area contributed by atoms with E-state index in [0.29, 0.717) is 11.2 Å². The maximum Gasteiger partial charge on any atom is 0.416 e. The summed E-state index contributed by atoms with van der Waals surface area (Å²) < 4.78 is 39.8. The molecular weight excluding hydrogens is 383 g/mol. The second-order valence-corrected chi connectivity index (χ2v) is 6.91. The number of rotatable bonds is 3. The maximum atomic E-state index is 13.2. The second kappa shape index (κ2) is 7.27. The number of nitrogens with zero attached hydrogens (tertiary/aromatic N) is 3. The smallest absolute Gasteiger partial charge is 0.376 e. The lowest BCUT2D eigenvalue weighted by Crippen LogP contribution is -2.36. The summed E-state index contributed by atoms with van der Waals surface area (Å²) in [5.74, 6) is -0.597. The van der Waals surface area contributed by atoms with Crippen LogP contribution in [0.1, 0.15) is 15.9 Å². The first-order chi connectivity index (χ1) is 13.5. The van der Waals surface area contributed by atoms with Crippen LogP contribution in [0.3, 0.4) is 0 Å². The number of alkyl halides is 3. The highest BCUT2D eigenvalue weighted by atomic mass is 19.4. The molecule has 0 atom stereocenters. The molecule has 3 rings (SSSR count). The summed E-state index contributed by atoms with van der Waals surface area (Å²) in [5, 5.41) is 0.726. The van der Waals surface area contributed by atoms with Gasteiger partial charge in [0.25, 0.3) is 11.5 Å².